The fourth-order valence-electron chi connectivity index (χ4n) is 5.23. The Labute approximate surface area is 195 Å². The van der Waals surface area contributed by atoms with Crippen molar-refractivity contribution in [2.45, 2.75) is 19.8 Å². The topological polar surface area (TPSA) is 0 Å². The maximum atomic E-state index is 2.37. The predicted molar refractivity (Wildman–Crippen MR) is 144 cm³/mol. The van der Waals surface area contributed by atoms with Crippen molar-refractivity contribution in [1.82, 2.24) is 0 Å². The summed E-state index contributed by atoms with van der Waals surface area (Å²) in [4.78, 5) is 0. The molecule has 0 saturated heterocycles. The Hall–Kier alpha value is -3.90. The average molecular weight is 423 g/mol. The predicted octanol–water partition coefficient (Wildman–Crippen LogP) is 9.60. The average Bonchev–Trinajstić information content (AvgIpc) is 2.87. The van der Waals surface area contributed by atoms with Gasteiger partial charge in [-0.15, -0.1) is 0 Å². The molecule has 0 radical (unpaired) electrons. The van der Waals surface area contributed by atoms with Gasteiger partial charge < -0.3 is 0 Å². The van der Waals surface area contributed by atoms with Gasteiger partial charge in [-0.3, -0.25) is 0 Å². The van der Waals surface area contributed by atoms with Crippen LogP contribution in [0.15, 0.2) is 115 Å². The summed E-state index contributed by atoms with van der Waals surface area (Å²) in [5.41, 5.74) is 6.61. The normalized spacial score (nSPS) is 11.6. The van der Waals surface area contributed by atoms with Crippen LogP contribution in [0.4, 0.5) is 0 Å². The fraction of sp³-hybridized carbons (Fsp3) is 0.0909. The number of benzene rings is 6. The van der Waals surface area contributed by atoms with E-state index in [-0.39, 0.29) is 0 Å². The molecule has 0 saturated carbocycles. The fourth-order valence-corrected chi connectivity index (χ4v) is 5.23. The van der Waals surface area contributed by atoms with E-state index in [1.807, 2.05) is 0 Å². The highest BCUT2D eigenvalue weighted by atomic mass is 14.2. The summed E-state index contributed by atoms with van der Waals surface area (Å²) < 4.78 is 0. The number of rotatable bonds is 3. The zero-order valence-electron chi connectivity index (χ0n) is 19.0. The molecular formula is C33H26. The first-order chi connectivity index (χ1) is 16.2. The minimum absolute atomic E-state index is 0.498. The third-order valence-corrected chi connectivity index (χ3v) is 6.83. The van der Waals surface area contributed by atoms with Gasteiger partial charge in [-0.1, -0.05) is 129 Å². The van der Waals surface area contributed by atoms with Crippen LogP contribution in [0.5, 0.6) is 0 Å². The van der Waals surface area contributed by atoms with Gasteiger partial charge >= 0.3 is 0 Å². The molecular weight excluding hydrogens is 396 g/mol. The molecule has 0 heterocycles. The summed E-state index contributed by atoms with van der Waals surface area (Å²) in [7, 11) is 0. The standard InChI is InChI=1S/C33H26/c1-22(2)24-13-9-14-25(21-24)32-28-16-5-7-18-30(28)33(31-19-8-6-17-29(31)32)27-20-10-12-23-11-3-4-15-26(23)27/h3-22H,1-2H3. The van der Waals surface area contributed by atoms with Crippen molar-refractivity contribution in [3.05, 3.63) is 121 Å². The van der Waals surface area contributed by atoms with Crippen LogP contribution in [0.1, 0.15) is 25.3 Å². The Morgan fingerprint density at radius 3 is 1.61 bits per heavy atom. The van der Waals surface area contributed by atoms with E-state index in [0.29, 0.717) is 5.92 Å². The van der Waals surface area contributed by atoms with Crippen molar-refractivity contribution in [2.75, 3.05) is 0 Å². The van der Waals surface area contributed by atoms with E-state index in [4.69, 9.17) is 0 Å². The molecule has 0 N–H and O–H groups in total. The molecule has 158 valence electrons. The summed E-state index contributed by atoms with van der Waals surface area (Å²) >= 11 is 0. The van der Waals surface area contributed by atoms with E-state index in [9.17, 15) is 0 Å². The minimum atomic E-state index is 0.498. The summed E-state index contributed by atoms with van der Waals surface area (Å²) in [6, 6.07) is 42.2. The Morgan fingerprint density at radius 1 is 0.455 bits per heavy atom. The van der Waals surface area contributed by atoms with Gasteiger partial charge in [-0.2, -0.15) is 0 Å². The van der Waals surface area contributed by atoms with E-state index in [1.54, 1.807) is 0 Å². The van der Waals surface area contributed by atoms with Crippen molar-refractivity contribution in [3.63, 3.8) is 0 Å². The zero-order valence-corrected chi connectivity index (χ0v) is 19.0. The zero-order chi connectivity index (χ0) is 22.4. The summed E-state index contributed by atoms with van der Waals surface area (Å²) in [5.74, 6) is 0.498. The van der Waals surface area contributed by atoms with Crippen LogP contribution in [-0.4, -0.2) is 0 Å². The molecule has 0 atom stereocenters. The van der Waals surface area contributed by atoms with Crippen LogP contribution in [0.2, 0.25) is 0 Å². The minimum Gasteiger partial charge on any atom is -0.0616 e. The van der Waals surface area contributed by atoms with Gasteiger partial charge in [0.15, 0.2) is 0 Å². The molecule has 0 spiro atoms. The molecule has 0 amide bonds. The van der Waals surface area contributed by atoms with Gasteiger partial charge in [0.2, 0.25) is 0 Å². The second-order valence-corrected chi connectivity index (χ2v) is 9.15. The van der Waals surface area contributed by atoms with Crippen molar-refractivity contribution in [1.29, 1.82) is 0 Å². The Bertz CT molecular complexity index is 1570. The number of hydrogen-bond acceptors (Lipinski definition) is 0. The van der Waals surface area contributed by atoms with Gasteiger partial charge in [0.1, 0.15) is 0 Å². The first-order valence-corrected chi connectivity index (χ1v) is 11.7. The summed E-state index contributed by atoms with van der Waals surface area (Å²) in [5, 5.41) is 7.79. The van der Waals surface area contributed by atoms with Crippen LogP contribution in [0, 0.1) is 0 Å². The lowest BCUT2D eigenvalue weighted by Crippen LogP contribution is -1.93. The van der Waals surface area contributed by atoms with Gasteiger partial charge in [0.25, 0.3) is 0 Å². The van der Waals surface area contributed by atoms with E-state index in [0.717, 1.165) is 0 Å². The third kappa shape index (κ3) is 3.22. The van der Waals surface area contributed by atoms with E-state index in [2.05, 4.69) is 129 Å². The van der Waals surface area contributed by atoms with Crippen molar-refractivity contribution in [3.8, 4) is 22.3 Å². The van der Waals surface area contributed by atoms with Crippen LogP contribution < -0.4 is 0 Å². The lowest BCUT2D eigenvalue weighted by Gasteiger charge is -2.19. The Morgan fingerprint density at radius 2 is 0.970 bits per heavy atom. The first-order valence-electron chi connectivity index (χ1n) is 11.7. The van der Waals surface area contributed by atoms with Crippen molar-refractivity contribution >= 4 is 32.3 Å². The molecule has 0 fully saturated rings. The van der Waals surface area contributed by atoms with Crippen LogP contribution in [0.25, 0.3) is 54.6 Å². The largest absolute Gasteiger partial charge is 0.0616 e. The molecule has 0 aromatic heterocycles. The number of hydrogen-bond donors (Lipinski definition) is 0. The smallest absolute Gasteiger partial charge is 0.00201 e. The molecule has 0 heteroatoms. The second kappa shape index (κ2) is 7.90. The van der Waals surface area contributed by atoms with Crippen molar-refractivity contribution in [2.24, 2.45) is 0 Å². The van der Waals surface area contributed by atoms with Crippen LogP contribution in [-0.2, 0) is 0 Å². The van der Waals surface area contributed by atoms with E-state index in [1.165, 1.54) is 60.1 Å². The monoisotopic (exact) mass is 422 g/mol. The first kappa shape index (κ1) is 19.8. The highest BCUT2D eigenvalue weighted by Crippen LogP contribution is 2.45. The molecule has 0 nitrogen and oxygen atoms in total. The summed E-state index contributed by atoms with van der Waals surface area (Å²) in [6.07, 6.45) is 0. The summed E-state index contributed by atoms with van der Waals surface area (Å²) in [6.45, 7) is 4.53. The highest BCUT2D eigenvalue weighted by molar-refractivity contribution is 6.23. The van der Waals surface area contributed by atoms with E-state index >= 15 is 0 Å². The third-order valence-electron chi connectivity index (χ3n) is 6.83. The van der Waals surface area contributed by atoms with Crippen LogP contribution in [0.3, 0.4) is 0 Å². The molecule has 6 aromatic carbocycles. The number of fused-ring (bicyclic) bond motifs is 3. The van der Waals surface area contributed by atoms with Crippen molar-refractivity contribution < 1.29 is 0 Å². The van der Waals surface area contributed by atoms with Gasteiger partial charge in [-0.25, -0.2) is 0 Å². The Balaban J connectivity index is 1.79. The molecule has 0 aliphatic rings. The lowest BCUT2D eigenvalue weighted by atomic mass is 9.84. The Kier molecular flexibility index (Phi) is 4.73. The van der Waals surface area contributed by atoms with Gasteiger partial charge in [0.05, 0.1) is 0 Å². The van der Waals surface area contributed by atoms with Gasteiger partial charge in [0, 0.05) is 0 Å². The molecule has 6 aromatic rings. The SMILES string of the molecule is CC(C)c1cccc(-c2c3ccccc3c(-c3cccc4ccccc34)c3ccccc23)c1. The maximum Gasteiger partial charge on any atom is -0.00201 e. The van der Waals surface area contributed by atoms with Crippen LogP contribution >= 0.6 is 0 Å². The van der Waals surface area contributed by atoms with E-state index < -0.39 is 0 Å². The molecule has 33 heavy (non-hydrogen) atoms. The molecule has 0 aliphatic carbocycles. The molecule has 0 bridgehead atoms. The highest BCUT2D eigenvalue weighted by Gasteiger charge is 2.17. The molecule has 0 aliphatic heterocycles. The lowest BCUT2D eigenvalue weighted by molar-refractivity contribution is 0.867. The quantitative estimate of drug-likeness (QED) is 0.249. The molecule has 6 rings (SSSR count). The molecule has 0 unspecified atom stereocenters. The maximum absolute atomic E-state index is 2.37. The second-order valence-electron chi connectivity index (χ2n) is 9.15. The van der Waals surface area contributed by atoms with Gasteiger partial charge in [-0.05, 0) is 66.1 Å².